The van der Waals surface area contributed by atoms with Crippen molar-refractivity contribution in [1.29, 1.82) is 0 Å². The number of benzene rings is 2. The van der Waals surface area contributed by atoms with Gasteiger partial charge in [0.25, 0.3) is 5.91 Å². The predicted molar refractivity (Wildman–Crippen MR) is 115 cm³/mol. The van der Waals surface area contributed by atoms with Crippen molar-refractivity contribution >= 4 is 23.1 Å². The van der Waals surface area contributed by atoms with Crippen molar-refractivity contribution in [1.82, 2.24) is 19.3 Å². The average Bonchev–Trinajstić information content (AvgIpc) is 3.23. The molecule has 0 aliphatic carbocycles. The van der Waals surface area contributed by atoms with Crippen LogP contribution < -0.4 is 10.1 Å². The highest BCUT2D eigenvalue weighted by Gasteiger charge is 2.22. The first kappa shape index (κ1) is 19.9. The highest BCUT2D eigenvalue weighted by atomic mass is 19.2. The van der Waals surface area contributed by atoms with E-state index < -0.39 is 11.6 Å². The highest BCUT2D eigenvalue weighted by molar-refractivity contribution is 5.97. The van der Waals surface area contributed by atoms with Gasteiger partial charge in [-0.1, -0.05) is 0 Å². The quantitative estimate of drug-likeness (QED) is 0.524. The number of nitrogens with one attached hydrogen (secondary N) is 1. The lowest BCUT2D eigenvalue weighted by molar-refractivity contribution is 0.0781. The summed E-state index contributed by atoms with van der Waals surface area (Å²) in [6.07, 6.45) is 5.41. The largest absolute Gasteiger partial charge is 0.494 e. The predicted octanol–water partition coefficient (Wildman–Crippen LogP) is 4.05. The third kappa shape index (κ3) is 3.13. The molecule has 0 fully saturated rings. The van der Waals surface area contributed by atoms with E-state index in [2.05, 4.69) is 15.3 Å². The number of hydrogen-bond acceptors (Lipinski definition) is 5. The fraction of sp³-hybridized carbons (Fsp3) is 0.174. The lowest BCUT2D eigenvalue weighted by Gasteiger charge is -2.25. The van der Waals surface area contributed by atoms with E-state index in [1.54, 1.807) is 34.8 Å². The Hall–Kier alpha value is -4.01. The molecular formula is C23H19F2N5O2. The smallest absolute Gasteiger partial charge is 0.253 e. The minimum atomic E-state index is -1.05. The highest BCUT2D eigenvalue weighted by Crippen LogP contribution is 2.32. The zero-order valence-corrected chi connectivity index (χ0v) is 17.4. The third-order valence-electron chi connectivity index (χ3n) is 5.63. The van der Waals surface area contributed by atoms with E-state index in [1.165, 1.54) is 25.4 Å². The van der Waals surface area contributed by atoms with Gasteiger partial charge in [0.15, 0.2) is 23.0 Å². The molecule has 0 unspecified atom stereocenters. The van der Waals surface area contributed by atoms with Crippen molar-refractivity contribution in [2.45, 2.75) is 6.42 Å². The second-order valence-corrected chi connectivity index (χ2v) is 7.53. The normalized spacial score (nSPS) is 13.4. The SMILES string of the molecule is COc1ccc(-c2cnc3c(Nc4ccc5c(c4)CCN(C)C5=O)nccn23)c(F)c1F. The van der Waals surface area contributed by atoms with Crippen LogP contribution in [0.3, 0.4) is 0 Å². The van der Waals surface area contributed by atoms with E-state index in [0.29, 0.717) is 29.3 Å². The minimum Gasteiger partial charge on any atom is -0.494 e. The number of halogens is 2. The summed E-state index contributed by atoms with van der Waals surface area (Å²) < 4.78 is 35.4. The Morgan fingerprint density at radius 3 is 2.72 bits per heavy atom. The summed E-state index contributed by atoms with van der Waals surface area (Å²) in [7, 11) is 3.07. The number of anilines is 2. The first-order valence-corrected chi connectivity index (χ1v) is 9.97. The second kappa shape index (κ2) is 7.60. The number of methoxy groups -OCH3 is 1. The van der Waals surface area contributed by atoms with E-state index in [1.807, 2.05) is 12.1 Å². The van der Waals surface area contributed by atoms with E-state index in [4.69, 9.17) is 4.74 Å². The summed E-state index contributed by atoms with van der Waals surface area (Å²) >= 11 is 0. The van der Waals surface area contributed by atoms with Crippen LogP contribution in [0.1, 0.15) is 15.9 Å². The van der Waals surface area contributed by atoms with Crippen LogP contribution in [0.15, 0.2) is 48.9 Å². The Morgan fingerprint density at radius 2 is 1.91 bits per heavy atom. The van der Waals surface area contributed by atoms with Gasteiger partial charge in [0.1, 0.15) is 0 Å². The van der Waals surface area contributed by atoms with Gasteiger partial charge in [0.05, 0.1) is 19.0 Å². The standard InChI is InChI=1S/C23H19F2N5O2/c1-29-9-7-13-11-14(3-4-15(13)23(29)31)28-21-22-27-12-17(30(22)10-8-26-21)16-5-6-18(32-2)20(25)19(16)24/h3-6,8,10-12H,7,9H2,1-2H3,(H,26,28). The number of carbonyl (C=O) groups excluding carboxylic acids is 1. The third-order valence-corrected chi connectivity index (χ3v) is 5.63. The van der Waals surface area contributed by atoms with Crippen LogP contribution in [0.25, 0.3) is 16.9 Å². The van der Waals surface area contributed by atoms with Gasteiger partial charge >= 0.3 is 0 Å². The number of hydrogen-bond donors (Lipinski definition) is 1. The van der Waals surface area contributed by atoms with E-state index in [9.17, 15) is 13.6 Å². The molecule has 0 saturated carbocycles. The van der Waals surface area contributed by atoms with Crippen molar-refractivity contribution in [3.05, 3.63) is 71.7 Å². The van der Waals surface area contributed by atoms with Crippen LogP contribution >= 0.6 is 0 Å². The maximum absolute atomic E-state index is 14.6. The van der Waals surface area contributed by atoms with Crippen molar-refractivity contribution in [3.8, 4) is 17.0 Å². The van der Waals surface area contributed by atoms with E-state index in [0.717, 1.165) is 17.7 Å². The first-order chi connectivity index (χ1) is 15.5. The van der Waals surface area contributed by atoms with Crippen LogP contribution in [0.4, 0.5) is 20.3 Å². The van der Waals surface area contributed by atoms with Crippen LogP contribution in [-0.2, 0) is 6.42 Å². The summed E-state index contributed by atoms with van der Waals surface area (Å²) in [6.45, 7) is 0.663. The molecule has 0 radical (unpaired) electrons. The molecule has 5 rings (SSSR count). The number of imidazole rings is 1. The Morgan fingerprint density at radius 1 is 1.09 bits per heavy atom. The van der Waals surface area contributed by atoms with Crippen LogP contribution in [0, 0.1) is 11.6 Å². The summed E-state index contributed by atoms with van der Waals surface area (Å²) in [4.78, 5) is 22.7. The number of rotatable bonds is 4. The average molecular weight is 435 g/mol. The molecule has 162 valence electrons. The summed E-state index contributed by atoms with van der Waals surface area (Å²) in [5.74, 6) is -1.78. The Labute approximate surface area is 182 Å². The molecule has 4 aromatic rings. The molecule has 7 nitrogen and oxygen atoms in total. The van der Waals surface area contributed by atoms with Gasteiger partial charge in [0, 0.05) is 42.8 Å². The lowest BCUT2D eigenvalue weighted by Crippen LogP contribution is -2.34. The number of fused-ring (bicyclic) bond motifs is 2. The van der Waals surface area contributed by atoms with Gasteiger partial charge in [-0.3, -0.25) is 9.20 Å². The van der Waals surface area contributed by atoms with Crippen molar-refractivity contribution in [2.24, 2.45) is 0 Å². The van der Waals surface area contributed by atoms with Crippen LogP contribution in [0.2, 0.25) is 0 Å². The Balaban J connectivity index is 1.52. The summed E-state index contributed by atoms with van der Waals surface area (Å²) in [5.41, 5.74) is 3.30. The van der Waals surface area contributed by atoms with E-state index in [-0.39, 0.29) is 17.2 Å². The van der Waals surface area contributed by atoms with Gasteiger partial charge < -0.3 is 15.0 Å². The number of nitrogens with zero attached hydrogens (tertiary/aromatic N) is 4. The number of carbonyl (C=O) groups is 1. The topological polar surface area (TPSA) is 71.8 Å². The molecule has 1 amide bonds. The molecular weight excluding hydrogens is 416 g/mol. The van der Waals surface area contributed by atoms with Gasteiger partial charge in [-0.2, -0.15) is 4.39 Å². The maximum Gasteiger partial charge on any atom is 0.253 e. The fourth-order valence-electron chi connectivity index (χ4n) is 3.91. The summed E-state index contributed by atoms with van der Waals surface area (Å²) in [5, 5.41) is 3.22. The number of likely N-dealkylation sites (N-methyl/N-ethyl adjacent to an activating group) is 1. The number of ether oxygens (including phenoxy) is 1. The molecule has 1 aliphatic heterocycles. The molecule has 1 N–H and O–H groups in total. The summed E-state index contributed by atoms with van der Waals surface area (Å²) in [6, 6.07) is 8.35. The van der Waals surface area contributed by atoms with Crippen molar-refractivity contribution in [2.75, 3.05) is 26.0 Å². The van der Waals surface area contributed by atoms with Crippen LogP contribution in [-0.4, -0.2) is 45.9 Å². The van der Waals surface area contributed by atoms with Gasteiger partial charge in [-0.15, -0.1) is 0 Å². The minimum absolute atomic E-state index is 0.00433. The zero-order chi connectivity index (χ0) is 22.4. The molecule has 3 heterocycles. The van der Waals surface area contributed by atoms with Gasteiger partial charge in [-0.25, -0.2) is 14.4 Å². The van der Waals surface area contributed by atoms with Gasteiger partial charge in [0.2, 0.25) is 5.82 Å². The van der Waals surface area contributed by atoms with Crippen molar-refractivity contribution < 1.29 is 18.3 Å². The fourth-order valence-corrected chi connectivity index (χ4v) is 3.91. The monoisotopic (exact) mass is 435 g/mol. The second-order valence-electron chi connectivity index (χ2n) is 7.53. The molecule has 32 heavy (non-hydrogen) atoms. The molecule has 0 saturated heterocycles. The zero-order valence-electron chi connectivity index (χ0n) is 17.4. The number of amides is 1. The molecule has 2 aromatic carbocycles. The van der Waals surface area contributed by atoms with Crippen molar-refractivity contribution in [3.63, 3.8) is 0 Å². The Bertz CT molecular complexity index is 1370. The van der Waals surface area contributed by atoms with Crippen LogP contribution in [0.5, 0.6) is 5.75 Å². The molecule has 2 aromatic heterocycles. The van der Waals surface area contributed by atoms with E-state index >= 15 is 0 Å². The molecule has 0 atom stereocenters. The molecule has 9 heteroatoms. The number of aromatic nitrogens is 3. The molecule has 0 bridgehead atoms. The lowest BCUT2D eigenvalue weighted by atomic mass is 9.99. The molecule has 1 aliphatic rings. The Kier molecular flexibility index (Phi) is 4.73. The molecule has 0 spiro atoms. The first-order valence-electron chi connectivity index (χ1n) is 9.97. The maximum atomic E-state index is 14.6. The van der Waals surface area contributed by atoms with Gasteiger partial charge in [-0.05, 0) is 42.3 Å².